The Morgan fingerprint density at radius 3 is 2.18 bits per heavy atom. The Morgan fingerprint density at radius 1 is 1.18 bits per heavy atom. The molecule has 1 aromatic carbocycles. The highest BCUT2D eigenvalue weighted by molar-refractivity contribution is 7.92. The molecule has 1 heterocycles. The van der Waals surface area contributed by atoms with Crippen molar-refractivity contribution in [2.75, 3.05) is 18.1 Å². The van der Waals surface area contributed by atoms with E-state index in [0.717, 1.165) is 16.3 Å². The summed E-state index contributed by atoms with van der Waals surface area (Å²) in [5.41, 5.74) is 1.02. The quantitative estimate of drug-likeness (QED) is 0.833. The summed E-state index contributed by atoms with van der Waals surface area (Å²) in [5.74, 6) is -0.729. The number of hydrogen-bond acceptors (Lipinski definition) is 5. The minimum absolute atomic E-state index is 0.106. The number of aliphatic hydroxyl groups is 1. The van der Waals surface area contributed by atoms with E-state index >= 15 is 0 Å². The fraction of sp³-hybridized carbons (Fsp3) is 0.571. The minimum Gasteiger partial charge on any atom is -0.390 e. The lowest BCUT2D eigenvalue weighted by Gasteiger charge is -2.28. The van der Waals surface area contributed by atoms with Crippen LogP contribution in [0.15, 0.2) is 29.2 Å². The van der Waals surface area contributed by atoms with Gasteiger partial charge in [0.05, 0.1) is 28.5 Å². The molecule has 0 bridgehead atoms. The molecule has 0 saturated carbocycles. The zero-order valence-electron chi connectivity index (χ0n) is 12.6. The van der Waals surface area contributed by atoms with Gasteiger partial charge in [0.15, 0.2) is 9.84 Å². The van der Waals surface area contributed by atoms with E-state index in [1.807, 2.05) is 6.92 Å². The van der Waals surface area contributed by atoms with Crippen LogP contribution in [-0.2, 0) is 26.3 Å². The zero-order chi connectivity index (χ0) is 16.5. The number of sulfonamides is 1. The van der Waals surface area contributed by atoms with E-state index in [1.54, 1.807) is 19.1 Å². The molecule has 0 aromatic heterocycles. The van der Waals surface area contributed by atoms with E-state index < -0.39 is 37.8 Å². The van der Waals surface area contributed by atoms with E-state index in [-0.39, 0.29) is 17.2 Å². The molecule has 0 spiro atoms. The number of benzene rings is 1. The van der Waals surface area contributed by atoms with Crippen LogP contribution < -0.4 is 0 Å². The third-order valence-electron chi connectivity index (χ3n) is 3.91. The Balaban J connectivity index is 2.36. The number of aliphatic hydroxyl groups excluding tert-OH is 1. The molecule has 1 fully saturated rings. The summed E-state index contributed by atoms with van der Waals surface area (Å²) in [6, 6.07) is 5.59. The van der Waals surface area contributed by atoms with Crippen molar-refractivity contribution in [2.45, 2.75) is 37.3 Å². The SMILES string of the molecule is CCc1ccc(S(=O)(=O)N(CC)[C@@H]2CS(=O)(=O)C[C@@H]2O)cc1. The number of rotatable bonds is 5. The first-order valence-electron chi connectivity index (χ1n) is 7.20. The van der Waals surface area contributed by atoms with Crippen molar-refractivity contribution >= 4 is 19.9 Å². The topological polar surface area (TPSA) is 91.8 Å². The summed E-state index contributed by atoms with van der Waals surface area (Å²) >= 11 is 0. The molecule has 2 atom stereocenters. The number of sulfone groups is 1. The summed E-state index contributed by atoms with van der Waals surface area (Å²) < 4.78 is 49.8. The maximum absolute atomic E-state index is 12.7. The van der Waals surface area contributed by atoms with E-state index in [4.69, 9.17) is 0 Å². The van der Waals surface area contributed by atoms with Gasteiger partial charge < -0.3 is 5.11 Å². The van der Waals surface area contributed by atoms with Crippen molar-refractivity contribution in [1.29, 1.82) is 0 Å². The smallest absolute Gasteiger partial charge is 0.243 e. The Morgan fingerprint density at radius 2 is 1.77 bits per heavy atom. The van der Waals surface area contributed by atoms with Crippen LogP contribution in [0.3, 0.4) is 0 Å². The molecule has 2 rings (SSSR count). The lowest BCUT2D eigenvalue weighted by molar-refractivity contribution is 0.130. The first kappa shape index (κ1) is 17.4. The van der Waals surface area contributed by atoms with Crippen molar-refractivity contribution in [3.8, 4) is 0 Å². The molecule has 1 N–H and O–H groups in total. The molecular weight excluding hydrogens is 326 g/mol. The predicted octanol–water partition coefficient (Wildman–Crippen LogP) is 0.418. The highest BCUT2D eigenvalue weighted by atomic mass is 32.2. The molecule has 1 aliphatic heterocycles. The van der Waals surface area contributed by atoms with E-state index in [0.29, 0.717) is 0 Å². The van der Waals surface area contributed by atoms with Gasteiger partial charge in [-0.05, 0) is 24.1 Å². The molecule has 1 saturated heterocycles. The van der Waals surface area contributed by atoms with Crippen LogP contribution in [0.2, 0.25) is 0 Å². The van der Waals surface area contributed by atoms with Crippen LogP contribution in [0.4, 0.5) is 0 Å². The molecule has 22 heavy (non-hydrogen) atoms. The Kier molecular flexibility index (Phi) is 4.96. The van der Waals surface area contributed by atoms with Gasteiger partial charge in [-0.1, -0.05) is 26.0 Å². The standard InChI is InChI=1S/C14H21NO5S2/c1-3-11-5-7-12(8-6-11)22(19,20)15(4-2)13-9-21(17,18)10-14(13)16/h5-8,13-14,16H,3-4,9-10H2,1-2H3/t13-,14+/m1/s1. The van der Waals surface area contributed by atoms with Gasteiger partial charge in [-0.25, -0.2) is 16.8 Å². The van der Waals surface area contributed by atoms with Gasteiger partial charge >= 0.3 is 0 Å². The summed E-state index contributed by atoms with van der Waals surface area (Å²) in [4.78, 5) is 0.114. The van der Waals surface area contributed by atoms with Crippen molar-refractivity contribution in [1.82, 2.24) is 4.31 Å². The molecule has 0 radical (unpaired) electrons. The van der Waals surface area contributed by atoms with Crippen LogP contribution >= 0.6 is 0 Å². The van der Waals surface area contributed by atoms with Gasteiger partial charge in [-0.2, -0.15) is 4.31 Å². The second-order valence-corrected chi connectivity index (χ2v) is 9.46. The number of nitrogens with zero attached hydrogens (tertiary/aromatic N) is 1. The van der Waals surface area contributed by atoms with E-state index in [1.165, 1.54) is 12.1 Å². The van der Waals surface area contributed by atoms with Crippen LogP contribution in [0.1, 0.15) is 19.4 Å². The molecule has 6 nitrogen and oxygen atoms in total. The molecule has 0 aliphatic carbocycles. The normalized spacial score (nSPS) is 24.7. The van der Waals surface area contributed by atoms with Crippen LogP contribution in [0.5, 0.6) is 0 Å². The predicted molar refractivity (Wildman–Crippen MR) is 83.8 cm³/mol. The second kappa shape index (κ2) is 6.27. The van der Waals surface area contributed by atoms with Crippen LogP contribution in [0.25, 0.3) is 0 Å². The maximum atomic E-state index is 12.7. The first-order valence-corrected chi connectivity index (χ1v) is 10.5. The average molecular weight is 347 g/mol. The van der Waals surface area contributed by atoms with Gasteiger partial charge in [0, 0.05) is 6.54 Å². The largest absolute Gasteiger partial charge is 0.390 e. The average Bonchev–Trinajstić information content (AvgIpc) is 2.72. The molecular formula is C14H21NO5S2. The third-order valence-corrected chi connectivity index (χ3v) is 7.63. The fourth-order valence-corrected chi connectivity index (χ4v) is 6.26. The second-order valence-electron chi connectivity index (χ2n) is 5.42. The molecule has 0 unspecified atom stereocenters. The van der Waals surface area contributed by atoms with Crippen molar-refractivity contribution < 1.29 is 21.9 Å². The lowest BCUT2D eigenvalue weighted by atomic mass is 10.2. The zero-order valence-corrected chi connectivity index (χ0v) is 14.3. The highest BCUT2D eigenvalue weighted by Crippen LogP contribution is 2.25. The first-order chi connectivity index (χ1) is 10.2. The van der Waals surface area contributed by atoms with Gasteiger partial charge in [0.1, 0.15) is 0 Å². The van der Waals surface area contributed by atoms with Gasteiger partial charge in [-0.15, -0.1) is 0 Å². The minimum atomic E-state index is -3.83. The molecule has 8 heteroatoms. The van der Waals surface area contributed by atoms with Crippen molar-refractivity contribution in [2.24, 2.45) is 0 Å². The molecule has 1 aliphatic rings. The number of likely N-dealkylation sites (N-methyl/N-ethyl adjacent to an activating group) is 1. The molecule has 124 valence electrons. The summed E-state index contributed by atoms with van der Waals surface area (Å²) in [6.07, 6.45) is -0.383. The summed E-state index contributed by atoms with van der Waals surface area (Å²) in [7, 11) is -7.24. The van der Waals surface area contributed by atoms with E-state index in [9.17, 15) is 21.9 Å². The van der Waals surface area contributed by atoms with Crippen LogP contribution in [-0.4, -0.2) is 56.4 Å². The summed E-state index contributed by atoms with van der Waals surface area (Å²) in [6.45, 7) is 3.71. The van der Waals surface area contributed by atoms with Gasteiger partial charge in [0.2, 0.25) is 10.0 Å². The molecule has 0 amide bonds. The maximum Gasteiger partial charge on any atom is 0.243 e. The van der Waals surface area contributed by atoms with Crippen LogP contribution in [0, 0.1) is 0 Å². The third kappa shape index (κ3) is 3.34. The van der Waals surface area contributed by atoms with Crippen molar-refractivity contribution in [3.63, 3.8) is 0 Å². The monoisotopic (exact) mass is 347 g/mol. The summed E-state index contributed by atoms with van der Waals surface area (Å²) in [5, 5.41) is 9.93. The highest BCUT2D eigenvalue weighted by Gasteiger charge is 2.44. The fourth-order valence-electron chi connectivity index (χ4n) is 2.70. The Hall–Kier alpha value is -0.960. The van der Waals surface area contributed by atoms with Crippen molar-refractivity contribution in [3.05, 3.63) is 29.8 Å². The number of aryl methyl sites for hydroxylation is 1. The van der Waals surface area contributed by atoms with Gasteiger partial charge in [0.25, 0.3) is 0 Å². The number of hydrogen-bond donors (Lipinski definition) is 1. The lowest BCUT2D eigenvalue weighted by Crippen LogP contribution is -2.46. The van der Waals surface area contributed by atoms with E-state index in [2.05, 4.69) is 0 Å². The molecule has 1 aromatic rings. The van der Waals surface area contributed by atoms with Gasteiger partial charge in [-0.3, -0.25) is 0 Å². The Labute approximate surface area is 131 Å². The Bertz CT molecular complexity index is 725.